The average Bonchev–Trinajstić information content (AvgIpc) is 2.70. The number of hydrogen-bond acceptors (Lipinski definition) is 3. The van der Waals surface area contributed by atoms with Crippen LogP contribution in [0.3, 0.4) is 0 Å². The highest BCUT2D eigenvalue weighted by atomic mass is 35.5. The predicted molar refractivity (Wildman–Crippen MR) is 76.7 cm³/mol. The van der Waals surface area contributed by atoms with Crippen LogP contribution in [0.25, 0.3) is 20.8 Å². The molecule has 0 aliphatic rings. The molecule has 0 spiro atoms. The van der Waals surface area contributed by atoms with Crippen LogP contribution in [0, 0.1) is 0 Å². The number of hydrogen-bond donors (Lipinski definition) is 1. The van der Waals surface area contributed by atoms with Crippen molar-refractivity contribution in [2.24, 2.45) is 0 Å². The Balaban J connectivity index is 2.26. The highest BCUT2D eigenvalue weighted by molar-refractivity contribution is 7.21. The predicted octanol–water partition coefficient (Wildman–Crippen LogP) is 4.98. The first kappa shape index (κ1) is 11.8. The van der Waals surface area contributed by atoms with Crippen LogP contribution < -0.4 is 0 Å². The minimum absolute atomic E-state index is 0.0508. The molecule has 0 radical (unpaired) electrons. The molecule has 0 aliphatic carbocycles. The van der Waals surface area contributed by atoms with Gasteiger partial charge in [0.05, 0.1) is 20.3 Å². The fraction of sp³-hybridized carbons (Fsp3) is 0. The summed E-state index contributed by atoms with van der Waals surface area (Å²) < 4.78 is 1.08. The molecule has 2 nitrogen and oxygen atoms in total. The zero-order valence-electron chi connectivity index (χ0n) is 9.02. The molecule has 2 aromatic carbocycles. The van der Waals surface area contributed by atoms with Gasteiger partial charge in [-0.2, -0.15) is 0 Å². The van der Waals surface area contributed by atoms with Crippen molar-refractivity contribution in [2.45, 2.75) is 0 Å². The largest absolute Gasteiger partial charge is 0.508 e. The van der Waals surface area contributed by atoms with Crippen LogP contribution in [0.4, 0.5) is 0 Å². The molecule has 5 heteroatoms. The van der Waals surface area contributed by atoms with E-state index in [2.05, 4.69) is 4.98 Å². The molecule has 0 atom stereocenters. The van der Waals surface area contributed by atoms with Gasteiger partial charge >= 0.3 is 0 Å². The number of rotatable bonds is 1. The third-order valence-electron chi connectivity index (χ3n) is 2.53. The molecule has 1 heterocycles. The van der Waals surface area contributed by atoms with Crippen molar-refractivity contribution in [3.8, 4) is 16.3 Å². The van der Waals surface area contributed by atoms with E-state index < -0.39 is 0 Å². The first-order valence-corrected chi connectivity index (χ1v) is 6.76. The Morgan fingerprint density at radius 1 is 1.06 bits per heavy atom. The summed E-state index contributed by atoms with van der Waals surface area (Å²) >= 11 is 13.8. The van der Waals surface area contributed by atoms with Gasteiger partial charge < -0.3 is 5.11 Å². The van der Waals surface area contributed by atoms with Crippen LogP contribution in [0.15, 0.2) is 36.4 Å². The van der Waals surface area contributed by atoms with Crippen molar-refractivity contribution >= 4 is 44.8 Å². The van der Waals surface area contributed by atoms with Gasteiger partial charge in [-0.25, -0.2) is 4.98 Å². The molecule has 3 aromatic rings. The fourth-order valence-electron chi connectivity index (χ4n) is 1.74. The lowest BCUT2D eigenvalue weighted by molar-refractivity contribution is 0.475. The quantitative estimate of drug-likeness (QED) is 0.687. The van der Waals surface area contributed by atoms with Crippen LogP contribution >= 0.6 is 34.5 Å². The highest BCUT2D eigenvalue weighted by Crippen LogP contribution is 2.40. The van der Waals surface area contributed by atoms with Gasteiger partial charge in [-0.15, -0.1) is 11.3 Å². The van der Waals surface area contributed by atoms with Crippen molar-refractivity contribution in [3.05, 3.63) is 46.4 Å². The Morgan fingerprint density at radius 2 is 1.72 bits per heavy atom. The molecule has 0 amide bonds. The summed E-state index contributed by atoms with van der Waals surface area (Å²) in [6, 6.07) is 10.8. The van der Waals surface area contributed by atoms with Gasteiger partial charge in [-0.1, -0.05) is 35.3 Å². The summed E-state index contributed by atoms with van der Waals surface area (Å²) in [4.78, 5) is 4.50. The van der Waals surface area contributed by atoms with Gasteiger partial charge in [-0.3, -0.25) is 0 Å². The number of phenols is 1. The SMILES string of the molecule is Oc1cc(Cl)c(-c2nc3ccccc3s2)c(Cl)c1. The van der Waals surface area contributed by atoms with E-state index in [0.29, 0.717) is 15.6 Å². The van der Waals surface area contributed by atoms with Gasteiger partial charge in [-0.05, 0) is 24.3 Å². The number of aromatic hydroxyl groups is 1. The standard InChI is InChI=1S/C13H7Cl2NOS/c14-8-5-7(17)6-9(15)12(8)13-16-10-3-1-2-4-11(10)18-13/h1-6,17H. The Labute approximate surface area is 117 Å². The van der Waals surface area contributed by atoms with Crippen molar-refractivity contribution in [1.29, 1.82) is 0 Å². The Morgan fingerprint density at radius 3 is 2.39 bits per heavy atom. The number of aromatic nitrogens is 1. The maximum Gasteiger partial charge on any atom is 0.127 e. The lowest BCUT2D eigenvalue weighted by atomic mass is 10.2. The van der Waals surface area contributed by atoms with Crippen LogP contribution in [0.2, 0.25) is 10.0 Å². The summed E-state index contributed by atoms with van der Waals surface area (Å²) in [5.74, 6) is 0.0508. The van der Waals surface area contributed by atoms with Crippen molar-refractivity contribution in [3.63, 3.8) is 0 Å². The van der Waals surface area contributed by atoms with E-state index in [9.17, 15) is 5.11 Å². The van der Waals surface area contributed by atoms with E-state index in [-0.39, 0.29) is 5.75 Å². The van der Waals surface area contributed by atoms with Gasteiger partial charge in [0, 0.05) is 5.56 Å². The molecule has 1 N–H and O–H groups in total. The van der Waals surface area contributed by atoms with Gasteiger partial charge in [0.15, 0.2) is 0 Å². The van der Waals surface area contributed by atoms with Crippen molar-refractivity contribution in [1.82, 2.24) is 4.98 Å². The molecular formula is C13H7Cl2NOS. The molecule has 3 rings (SSSR count). The van der Waals surface area contributed by atoms with Gasteiger partial charge in [0.25, 0.3) is 0 Å². The molecule has 0 fully saturated rings. The number of phenolic OH excluding ortho intramolecular Hbond substituents is 1. The Hall–Kier alpha value is -1.29. The van der Waals surface area contributed by atoms with E-state index in [1.165, 1.54) is 23.5 Å². The van der Waals surface area contributed by atoms with Crippen LogP contribution in [0.5, 0.6) is 5.75 Å². The lowest BCUT2D eigenvalue weighted by Crippen LogP contribution is -1.80. The molecule has 0 unspecified atom stereocenters. The second-order valence-electron chi connectivity index (χ2n) is 3.77. The summed E-state index contributed by atoms with van der Waals surface area (Å²) in [6.07, 6.45) is 0. The van der Waals surface area contributed by atoms with E-state index in [0.717, 1.165) is 15.2 Å². The summed E-state index contributed by atoms with van der Waals surface area (Å²) in [6.45, 7) is 0. The number of benzene rings is 2. The summed E-state index contributed by atoms with van der Waals surface area (Å²) in [7, 11) is 0. The fourth-order valence-corrected chi connectivity index (χ4v) is 3.55. The number of fused-ring (bicyclic) bond motifs is 1. The Kier molecular flexibility index (Phi) is 2.90. The molecule has 18 heavy (non-hydrogen) atoms. The maximum atomic E-state index is 9.42. The topological polar surface area (TPSA) is 33.1 Å². The third-order valence-corrected chi connectivity index (χ3v) is 4.18. The van der Waals surface area contributed by atoms with Crippen LogP contribution in [0.1, 0.15) is 0 Å². The monoisotopic (exact) mass is 295 g/mol. The number of thiazole rings is 1. The summed E-state index contributed by atoms with van der Waals surface area (Å²) in [5, 5.41) is 11.0. The minimum Gasteiger partial charge on any atom is -0.508 e. The average molecular weight is 296 g/mol. The number of halogens is 2. The minimum atomic E-state index is 0.0508. The second-order valence-corrected chi connectivity index (χ2v) is 5.62. The molecule has 0 bridgehead atoms. The van der Waals surface area contributed by atoms with Crippen molar-refractivity contribution < 1.29 is 5.11 Å². The van der Waals surface area contributed by atoms with Gasteiger partial charge in [0.1, 0.15) is 10.8 Å². The van der Waals surface area contributed by atoms with E-state index >= 15 is 0 Å². The molecule has 0 saturated carbocycles. The van der Waals surface area contributed by atoms with Crippen molar-refractivity contribution in [2.75, 3.05) is 0 Å². The zero-order chi connectivity index (χ0) is 12.7. The molecular weight excluding hydrogens is 289 g/mol. The molecule has 0 saturated heterocycles. The smallest absolute Gasteiger partial charge is 0.127 e. The third kappa shape index (κ3) is 1.94. The maximum absolute atomic E-state index is 9.42. The van der Waals surface area contributed by atoms with E-state index in [4.69, 9.17) is 23.2 Å². The Bertz CT molecular complexity index is 683. The van der Waals surface area contributed by atoms with Crippen LogP contribution in [-0.2, 0) is 0 Å². The summed E-state index contributed by atoms with van der Waals surface area (Å²) in [5.41, 5.74) is 1.58. The molecule has 90 valence electrons. The van der Waals surface area contributed by atoms with E-state index in [1.807, 2.05) is 24.3 Å². The first-order chi connectivity index (χ1) is 8.65. The normalized spacial score (nSPS) is 11.0. The lowest BCUT2D eigenvalue weighted by Gasteiger charge is -2.04. The van der Waals surface area contributed by atoms with Gasteiger partial charge in [0.2, 0.25) is 0 Å². The first-order valence-electron chi connectivity index (χ1n) is 5.19. The number of para-hydroxylation sites is 1. The molecule has 0 aliphatic heterocycles. The van der Waals surface area contributed by atoms with E-state index in [1.54, 1.807) is 0 Å². The molecule has 1 aromatic heterocycles. The highest BCUT2D eigenvalue weighted by Gasteiger charge is 2.14. The number of nitrogens with zero attached hydrogens (tertiary/aromatic N) is 1. The zero-order valence-corrected chi connectivity index (χ0v) is 11.4. The van der Waals surface area contributed by atoms with Crippen LogP contribution in [-0.4, -0.2) is 10.1 Å². The second kappa shape index (κ2) is 4.43.